The van der Waals surface area contributed by atoms with Crippen molar-refractivity contribution < 1.29 is 49.7 Å². The lowest BCUT2D eigenvalue weighted by Crippen LogP contribution is -2.30. The van der Waals surface area contributed by atoms with Gasteiger partial charge in [0.1, 0.15) is 0 Å². The second-order valence-corrected chi connectivity index (χ2v) is 6.23. The summed E-state index contributed by atoms with van der Waals surface area (Å²) in [5.74, 6) is 0. The fraction of sp³-hybridized carbons (Fsp3) is 0.333. The van der Waals surface area contributed by atoms with Crippen molar-refractivity contribution in [3.05, 3.63) is 59.2 Å². The van der Waals surface area contributed by atoms with Crippen molar-refractivity contribution in [2.24, 2.45) is 0 Å². The molecule has 2 unspecified atom stereocenters. The number of halogens is 9. The molecule has 0 aliphatic carbocycles. The Labute approximate surface area is 158 Å². The molecule has 0 amide bonds. The predicted octanol–water partition coefficient (Wildman–Crippen LogP) is 5.74. The minimum absolute atomic E-state index is 0.0276. The van der Waals surface area contributed by atoms with Gasteiger partial charge in [-0.05, 0) is 34.9 Å². The summed E-state index contributed by atoms with van der Waals surface area (Å²) in [5, 5.41) is 18.7. The van der Waals surface area contributed by atoms with Crippen LogP contribution in [0.4, 0.5) is 39.5 Å². The SMILES string of the molecule is OC(CC(O)C(F)(F)F)c1ccc(-c2cc(C(F)(F)F)cc(C(F)(F)F)c2)cc1. The van der Waals surface area contributed by atoms with E-state index >= 15 is 0 Å². The van der Waals surface area contributed by atoms with E-state index in [1.54, 1.807) is 0 Å². The smallest absolute Gasteiger partial charge is 0.388 e. The minimum atomic E-state index is -5.03. The van der Waals surface area contributed by atoms with E-state index in [0.717, 1.165) is 24.3 Å². The summed E-state index contributed by atoms with van der Waals surface area (Å²) in [4.78, 5) is 0. The van der Waals surface area contributed by atoms with Gasteiger partial charge in [0.05, 0.1) is 17.2 Å². The van der Waals surface area contributed by atoms with Crippen molar-refractivity contribution in [3.63, 3.8) is 0 Å². The quantitative estimate of drug-likeness (QED) is 0.606. The van der Waals surface area contributed by atoms with Crippen LogP contribution in [0.3, 0.4) is 0 Å². The Balaban J connectivity index is 2.36. The molecule has 2 aromatic carbocycles. The Morgan fingerprint density at radius 3 is 1.48 bits per heavy atom. The van der Waals surface area contributed by atoms with E-state index in [9.17, 15) is 44.6 Å². The van der Waals surface area contributed by atoms with E-state index in [4.69, 9.17) is 5.11 Å². The highest BCUT2D eigenvalue weighted by Crippen LogP contribution is 2.39. The van der Waals surface area contributed by atoms with Gasteiger partial charge in [-0.1, -0.05) is 24.3 Å². The normalized spacial score (nSPS) is 15.3. The standard InChI is InChI=1S/C18H13F9O2/c19-16(20,21)12-5-11(6-13(7-12)17(22,23)24)9-1-3-10(4-2-9)14(28)8-15(29)18(25,26)27/h1-7,14-15,28-29H,8H2. The molecule has 0 saturated carbocycles. The van der Waals surface area contributed by atoms with Crippen LogP contribution in [-0.4, -0.2) is 22.5 Å². The number of rotatable bonds is 4. The Hall–Kier alpha value is -2.27. The first-order valence-electron chi connectivity index (χ1n) is 7.91. The first kappa shape index (κ1) is 23.0. The third kappa shape index (κ3) is 5.86. The topological polar surface area (TPSA) is 40.5 Å². The van der Waals surface area contributed by atoms with Crippen molar-refractivity contribution >= 4 is 0 Å². The van der Waals surface area contributed by atoms with E-state index in [1.807, 2.05) is 0 Å². The average Bonchev–Trinajstić information content (AvgIpc) is 2.59. The zero-order chi connectivity index (χ0) is 22.2. The fourth-order valence-electron chi connectivity index (χ4n) is 2.50. The van der Waals surface area contributed by atoms with Gasteiger partial charge in [-0.2, -0.15) is 39.5 Å². The molecule has 0 aliphatic heterocycles. The monoisotopic (exact) mass is 432 g/mol. The molecule has 0 aromatic heterocycles. The molecular formula is C18H13F9O2. The molecule has 0 spiro atoms. The second kappa shape index (κ2) is 7.86. The Morgan fingerprint density at radius 2 is 1.10 bits per heavy atom. The number of hydrogen-bond acceptors (Lipinski definition) is 2. The molecule has 2 N–H and O–H groups in total. The Kier molecular flexibility index (Phi) is 6.24. The van der Waals surface area contributed by atoms with E-state index in [-0.39, 0.29) is 17.2 Å². The second-order valence-electron chi connectivity index (χ2n) is 6.23. The maximum atomic E-state index is 12.9. The van der Waals surface area contributed by atoms with Crippen LogP contribution in [0.25, 0.3) is 11.1 Å². The average molecular weight is 432 g/mol. The molecule has 0 fully saturated rings. The fourth-order valence-corrected chi connectivity index (χ4v) is 2.50. The Bertz CT molecular complexity index is 804. The third-order valence-electron chi connectivity index (χ3n) is 4.04. The van der Waals surface area contributed by atoms with E-state index in [0.29, 0.717) is 12.1 Å². The number of hydrogen-bond donors (Lipinski definition) is 2. The van der Waals surface area contributed by atoms with Gasteiger partial charge in [-0.25, -0.2) is 0 Å². The number of alkyl halides is 9. The number of aliphatic hydroxyl groups is 2. The van der Waals surface area contributed by atoms with Crippen LogP contribution in [0.1, 0.15) is 29.2 Å². The highest BCUT2D eigenvalue weighted by Gasteiger charge is 2.39. The molecule has 0 bridgehead atoms. The summed E-state index contributed by atoms with van der Waals surface area (Å²) in [5.41, 5.74) is -3.61. The molecule has 0 saturated heterocycles. The van der Waals surface area contributed by atoms with Gasteiger partial charge in [0.25, 0.3) is 0 Å². The van der Waals surface area contributed by atoms with Gasteiger partial charge in [0, 0.05) is 6.42 Å². The van der Waals surface area contributed by atoms with Crippen LogP contribution in [0.5, 0.6) is 0 Å². The Morgan fingerprint density at radius 1 is 0.655 bits per heavy atom. The molecule has 160 valence electrons. The lowest BCUT2D eigenvalue weighted by atomic mass is 9.96. The minimum Gasteiger partial charge on any atom is -0.388 e. The van der Waals surface area contributed by atoms with Crippen LogP contribution in [0.15, 0.2) is 42.5 Å². The molecule has 2 aromatic rings. The summed E-state index contributed by atoms with van der Waals surface area (Å²) < 4.78 is 115. The molecule has 0 radical (unpaired) electrons. The molecular weight excluding hydrogens is 419 g/mol. The van der Waals surface area contributed by atoms with Gasteiger partial charge < -0.3 is 10.2 Å². The summed E-state index contributed by atoms with van der Waals surface area (Å²) in [6.45, 7) is 0. The zero-order valence-electron chi connectivity index (χ0n) is 14.2. The van der Waals surface area contributed by atoms with Crippen LogP contribution in [0, 0.1) is 0 Å². The van der Waals surface area contributed by atoms with Crippen molar-refractivity contribution in [1.82, 2.24) is 0 Å². The zero-order valence-corrected chi connectivity index (χ0v) is 14.2. The first-order valence-corrected chi connectivity index (χ1v) is 7.91. The summed E-state index contributed by atoms with van der Waals surface area (Å²) >= 11 is 0. The molecule has 29 heavy (non-hydrogen) atoms. The van der Waals surface area contributed by atoms with Gasteiger partial charge in [-0.3, -0.25) is 0 Å². The summed E-state index contributed by atoms with van der Waals surface area (Å²) in [7, 11) is 0. The largest absolute Gasteiger partial charge is 0.416 e. The van der Waals surface area contributed by atoms with Crippen LogP contribution in [-0.2, 0) is 12.4 Å². The third-order valence-corrected chi connectivity index (χ3v) is 4.04. The van der Waals surface area contributed by atoms with Crippen molar-refractivity contribution in [2.45, 2.75) is 37.2 Å². The van der Waals surface area contributed by atoms with Crippen LogP contribution < -0.4 is 0 Å². The maximum absolute atomic E-state index is 12.9. The van der Waals surface area contributed by atoms with Gasteiger partial charge >= 0.3 is 18.5 Å². The van der Waals surface area contributed by atoms with Crippen LogP contribution >= 0.6 is 0 Å². The van der Waals surface area contributed by atoms with E-state index in [2.05, 4.69) is 0 Å². The molecule has 0 aliphatic rings. The summed E-state index contributed by atoms with van der Waals surface area (Å²) in [6, 6.07) is 5.22. The first-order chi connectivity index (χ1) is 13.1. The van der Waals surface area contributed by atoms with Crippen molar-refractivity contribution in [3.8, 4) is 11.1 Å². The molecule has 11 heteroatoms. The maximum Gasteiger partial charge on any atom is 0.416 e. The molecule has 0 heterocycles. The number of benzene rings is 2. The van der Waals surface area contributed by atoms with E-state index in [1.165, 1.54) is 0 Å². The van der Waals surface area contributed by atoms with Crippen molar-refractivity contribution in [1.29, 1.82) is 0 Å². The lowest BCUT2D eigenvalue weighted by molar-refractivity contribution is -0.211. The van der Waals surface area contributed by atoms with Crippen LogP contribution in [0.2, 0.25) is 0 Å². The highest BCUT2D eigenvalue weighted by molar-refractivity contribution is 5.66. The lowest BCUT2D eigenvalue weighted by Gasteiger charge is -2.19. The van der Waals surface area contributed by atoms with Gasteiger partial charge in [-0.15, -0.1) is 0 Å². The van der Waals surface area contributed by atoms with Gasteiger partial charge in [0.15, 0.2) is 6.10 Å². The molecule has 2 rings (SSSR count). The molecule has 2 atom stereocenters. The van der Waals surface area contributed by atoms with Crippen molar-refractivity contribution in [2.75, 3.05) is 0 Å². The summed E-state index contributed by atoms with van der Waals surface area (Å²) in [6.07, 6.45) is -20.6. The molecule has 2 nitrogen and oxygen atoms in total. The number of aliphatic hydroxyl groups excluding tert-OH is 2. The van der Waals surface area contributed by atoms with E-state index < -0.39 is 53.8 Å². The predicted molar refractivity (Wildman–Crippen MR) is 83.5 cm³/mol. The van der Waals surface area contributed by atoms with Gasteiger partial charge in [0.2, 0.25) is 0 Å². The highest BCUT2D eigenvalue weighted by atomic mass is 19.4.